The Bertz CT molecular complexity index is 483. The Hall–Kier alpha value is -1.55. The molecule has 1 aromatic rings. The fourth-order valence-corrected chi connectivity index (χ4v) is 3.11. The van der Waals surface area contributed by atoms with E-state index < -0.39 is 0 Å². The van der Waals surface area contributed by atoms with Crippen LogP contribution in [-0.2, 0) is 4.79 Å². The zero-order chi connectivity index (χ0) is 16.7. The smallest absolute Gasteiger partial charge is 0.226 e. The van der Waals surface area contributed by atoms with Gasteiger partial charge in [0.15, 0.2) is 0 Å². The molecule has 0 aliphatic carbocycles. The van der Waals surface area contributed by atoms with Crippen molar-refractivity contribution in [1.82, 2.24) is 10.2 Å². The molecule has 128 valence electrons. The molecule has 1 unspecified atom stereocenters. The van der Waals surface area contributed by atoms with E-state index in [-0.39, 0.29) is 5.91 Å². The second-order valence-corrected chi connectivity index (χ2v) is 6.73. The van der Waals surface area contributed by atoms with Crippen molar-refractivity contribution >= 4 is 5.91 Å². The molecule has 0 bridgehead atoms. The van der Waals surface area contributed by atoms with Crippen LogP contribution < -0.4 is 10.1 Å². The van der Waals surface area contributed by atoms with Gasteiger partial charge in [-0.1, -0.05) is 26.0 Å². The first-order chi connectivity index (χ1) is 11.1. The van der Waals surface area contributed by atoms with Crippen LogP contribution in [0.3, 0.4) is 0 Å². The van der Waals surface area contributed by atoms with Gasteiger partial charge < -0.3 is 15.0 Å². The molecular formula is C19H30N2O2. The number of nitrogens with zero attached hydrogens (tertiary/aromatic N) is 1. The molecule has 1 N–H and O–H groups in total. The van der Waals surface area contributed by atoms with Crippen LogP contribution in [0.2, 0.25) is 0 Å². The first-order valence-electron chi connectivity index (χ1n) is 8.75. The summed E-state index contributed by atoms with van der Waals surface area (Å²) in [7, 11) is 1.97. The Morgan fingerprint density at radius 2 is 2.09 bits per heavy atom. The van der Waals surface area contributed by atoms with E-state index in [0.29, 0.717) is 24.9 Å². The van der Waals surface area contributed by atoms with Crippen molar-refractivity contribution in [3.8, 4) is 5.75 Å². The fourth-order valence-electron chi connectivity index (χ4n) is 3.11. The van der Waals surface area contributed by atoms with Crippen LogP contribution in [0.25, 0.3) is 0 Å². The lowest BCUT2D eigenvalue weighted by atomic mass is 9.98. The number of nitrogens with one attached hydrogen (secondary N) is 1. The van der Waals surface area contributed by atoms with E-state index in [0.717, 1.165) is 31.8 Å². The quantitative estimate of drug-likeness (QED) is 0.840. The van der Waals surface area contributed by atoms with Gasteiger partial charge in [-0.25, -0.2) is 0 Å². The highest BCUT2D eigenvalue weighted by Gasteiger charge is 2.22. The molecule has 4 nitrogen and oxygen atoms in total. The predicted molar refractivity (Wildman–Crippen MR) is 93.9 cm³/mol. The SMILES string of the molecule is CNCC1CCCN(C(=O)CCOc2ccc(C(C)C)cc2)C1. The Kier molecular flexibility index (Phi) is 6.90. The summed E-state index contributed by atoms with van der Waals surface area (Å²) in [5.41, 5.74) is 1.30. The lowest BCUT2D eigenvalue weighted by Gasteiger charge is -2.32. The minimum absolute atomic E-state index is 0.213. The number of carbonyl (C=O) groups is 1. The van der Waals surface area contributed by atoms with Gasteiger partial charge in [-0.3, -0.25) is 4.79 Å². The molecule has 1 aliphatic heterocycles. The highest BCUT2D eigenvalue weighted by atomic mass is 16.5. The monoisotopic (exact) mass is 318 g/mol. The maximum atomic E-state index is 12.3. The fraction of sp³-hybridized carbons (Fsp3) is 0.632. The number of amides is 1. The van der Waals surface area contributed by atoms with Crippen molar-refractivity contribution in [2.24, 2.45) is 5.92 Å². The second-order valence-electron chi connectivity index (χ2n) is 6.73. The number of hydrogen-bond acceptors (Lipinski definition) is 3. The van der Waals surface area contributed by atoms with Gasteiger partial charge in [-0.15, -0.1) is 0 Å². The first-order valence-corrected chi connectivity index (χ1v) is 8.75. The van der Waals surface area contributed by atoms with E-state index in [1.807, 2.05) is 24.1 Å². The molecule has 23 heavy (non-hydrogen) atoms. The van der Waals surface area contributed by atoms with Crippen LogP contribution in [0, 0.1) is 5.92 Å². The van der Waals surface area contributed by atoms with Crippen molar-refractivity contribution in [2.75, 3.05) is 33.3 Å². The second kappa shape index (κ2) is 8.92. The lowest BCUT2D eigenvalue weighted by molar-refractivity contribution is -0.133. The normalized spacial score (nSPS) is 18.3. The van der Waals surface area contributed by atoms with Crippen molar-refractivity contribution in [3.05, 3.63) is 29.8 Å². The first kappa shape index (κ1) is 17.8. The third-order valence-corrected chi connectivity index (χ3v) is 4.50. The maximum Gasteiger partial charge on any atom is 0.226 e. The molecule has 1 aromatic carbocycles. The number of hydrogen-bond donors (Lipinski definition) is 1. The van der Waals surface area contributed by atoms with E-state index in [4.69, 9.17) is 4.74 Å². The molecule has 0 aromatic heterocycles. The van der Waals surface area contributed by atoms with Crippen molar-refractivity contribution in [2.45, 2.75) is 39.0 Å². The van der Waals surface area contributed by atoms with Crippen LogP contribution in [0.1, 0.15) is 44.6 Å². The van der Waals surface area contributed by atoms with Crippen LogP contribution in [0.5, 0.6) is 5.75 Å². The maximum absolute atomic E-state index is 12.3. The average Bonchev–Trinajstić information content (AvgIpc) is 2.56. The summed E-state index contributed by atoms with van der Waals surface area (Å²) < 4.78 is 5.72. The molecule has 0 radical (unpaired) electrons. The van der Waals surface area contributed by atoms with Crippen molar-refractivity contribution < 1.29 is 9.53 Å². The molecule has 4 heteroatoms. The minimum Gasteiger partial charge on any atom is -0.493 e. The summed E-state index contributed by atoms with van der Waals surface area (Å²) in [6.07, 6.45) is 2.77. The van der Waals surface area contributed by atoms with Gasteiger partial charge >= 0.3 is 0 Å². The number of rotatable bonds is 7. The third kappa shape index (κ3) is 5.54. The highest BCUT2D eigenvalue weighted by molar-refractivity contribution is 5.76. The number of ether oxygens (including phenoxy) is 1. The summed E-state index contributed by atoms with van der Waals surface area (Å²) in [4.78, 5) is 14.3. The van der Waals surface area contributed by atoms with Gasteiger partial charge in [-0.2, -0.15) is 0 Å². The van der Waals surface area contributed by atoms with Gasteiger partial charge in [0.1, 0.15) is 5.75 Å². The van der Waals surface area contributed by atoms with Gasteiger partial charge in [0, 0.05) is 13.1 Å². The van der Waals surface area contributed by atoms with Crippen molar-refractivity contribution in [1.29, 1.82) is 0 Å². The Morgan fingerprint density at radius 3 is 2.74 bits per heavy atom. The summed E-state index contributed by atoms with van der Waals surface area (Å²) in [5, 5.41) is 3.21. The Morgan fingerprint density at radius 1 is 1.35 bits per heavy atom. The topological polar surface area (TPSA) is 41.6 Å². The minimum atomic E-state index is 0.213. The molecule has 1 aliphatic rings. The average molecular weight is 318 g/mol. The summed E-state index contributed by atoms with van der Waals surface area (Å²) in [6.45, 7) is 7.56. The summed E-state index contributed by atoms with van der Waals surface area (Å²) in [6, 6.07) is 8.16. The molecule has 1 saturated heterocycles. The zero-order valence-electron chi connectivity index (χ0n) is 14.7. The van der Waals surface area contributed by atoms with Gasteiger partial charge in [0.25, 0.3) is 0 Å². The largest absolute Gasteiger partial charge is 0.493 e. The molecule has 0 spiro atoms. The lowest BCUT2D eigenvalue weighted by Crippen LogP contribution is -2.42. The van der Waals surface area contributed by atoms with Crippen LogP contribution in [0.4, 0.5) is 0 Å². The molecule has 1 heterocycles. The molecule has 2 rings (SSSR count). The molecule has 1 fully saturated rings. The third-order valence-electron chi connectivity index (χ3n) is 4.50. The highest BCUT2D eigenvalue weighted by Crippen LogP contribution is 2.19. The number of carbonyl (C=O) groups excluding carboxylic acids is 1. The van der Waals surface area contributed by atoms with E-state index in [9.17, 15) is 4.79 Å². The molecular weight excluding hydrogens is 288 g/mol. The zero-order valence-corrected chi connectivity index (χ0v) is 14.7. The van der Waals surface area contributed by atoms with E-state index in [1.54, 1.807) is 0 Å². The van der Waals surface area contributed by atoms with Crippen molar-refractivity contribution in [3.63, 3.8) is 0 Å². The predicted octanol–water partition coefficient (Wildman–Crippen LogP) is 3.04. The summed E-state index contributed by atoms with van der Waals surface area (Å²) in [5.74, 6) is 2.16. The number of likely N-dealkylation sites (tertiary alicyclic amines) is 1. The number of benzene rings is 1. The van der Waals surface area contributed by atoms with E-state index in [1.165, 1.54) is 12.0 Å². The standard InChI is InChI=1S/C19H30N2O2/c1-15(2)17-6-8-18(9-7-17)23-12-10-19(22)21-11-4-5-16(14-21)13-20-3/h6-9,15-16,20H,4-5,10-14H2,1-3H3. The Balaban J connectivity index is 1.73. The molecule has 0 saturated carbocycles. The van der Waals surface area contributed by atoms with E-state index >= 15 is 0 Å². The molecule has 1 amide bonds. The number of piperidine rings is 1. The van der Waals surface area contributed by atoms with Crippen LogP contribution >= 0.6 is 0 Å². The van der Waals surface area contributed by atoms with Gasteiger partial charge in [-0.05, 0) is 56.0 Å². The summed E-state index contributed by atoms with van der Waals surface area (Å²) >= 11 is 0. The van der Waals surface area contributed by atoms with Crippen LogP contribution in [0.15, 0.2) is 24.3 Å². The Labute approximate surface area is 140 Å². The van der Waals surface area contributed by atoms with Gasteiger partial charge in [0.05, 0.1) is 13.0 Å². The van der Waals surface area contributed by atoms with E-state index in [2.05, 4.69) is 31.3 Å². The molecule has 1 atom stereocenters. The van der Waals surface area contributed by atoms with Gasteiger partial charge in [0.2, 0.25) is 5.91 Å². The van der Waals surface area contributed by atoms with Crippen LogP contribution in [-0.4, -0.2) is 44.1 Å².